The molecule has 2 nitrogen and oxygen atoms in total. The van der Waals surface area contributed by atoms with Crippen LogP contribution >= 0.6 is 0 Å². The van der Waals surface area contributed by atoms with Crippen molar-refractivity contribution < 1.29 is 4.74 Å². The predicted molar refractivity (Wildman–Crippen MR) is 74.7 cm³/mol. The minimum absolute atomic E-state index is 0.163. The normalized spacial score (nSPS) is 12.1. The van der Waals surface area contributed by atoms with Crippen molar-refractivity contribution in [2.24, 2.45) is 0 Å². The summed E-state index contributed by atoms with van der Waals surface area (Å²) in [6, 6.07) is 20.3. The summed E-state index contributed by atoms with van der Waals surface area (Å²) in [5.41, 5.74) is 1.30. The molecule has 1 unspecified atom stereocenters. The van der Waals surface area contributed by atoms with Crippen LogP contribution in [-0.2, 0) is 6.54 Å². The van der Waals surface area contributed by atoms with Crippen molar-refractivity contribution in [3.8, 4) is 5.75 Å². The minimum atomic E-state index is 0.163. The van der Waals surface area contributed by atoms with Gasteiger partial charge in [-0.3, -0.25) is 0 Å². The first-order chi connectivity index (χ1) is 8.84. The molecule has 0 radical (unpaired) electrons. The third kappa shape index (κ3) is 4.22. The number of nitrogens with one attached hydrogen (secondary N) is 1. The highest BCUT2D eigenvalue weighted by Crippen LogP contribution is 2.10. The molecular formula is C16H19NO. The minimum Gasteiger partial charge on any atom is -0.489 e. The highest BCUT2D eigenvalue weighted by molar-refractivity contribution is 5.21. The highest BCUT2D eigenvalue weighted by atomic mass is 16.5. The molecule has 1 N–H and O–H groups in total. The van der Waals surface area contributed by atoms with Crippen molar-refractivity contribution in [3.63, 3.8) is 0 Å². The first kappa shape index (κ1) is 12.7. The van der Waals surface area contributed by atoms with E-state index in [0.717, 1.165) is 18.8 Å². The van der Waals surface area contributed by atoms with E-state index in [0.29, 0.717) is 0 Å². The van der Waals surface area contributed by atoms with Crippen molar-refractivity contribution in [2.45, 2.75) is 19.6 Å². The zero-order chi connectivity index (χ0) is 12.6. The van der Waals surface area contributed by atoms with Crippen molar-refractivity contribution in [3.05, 3.63) is 66.2 Å². The maximum absolute atomic E-state index is 5.79. The lowest BCUT2D eigenvalue weighted by atomic mass is 10.2. The zero-order valence-electron chi connectivity index (χ0n) is 10.7. The second-order valence-electron chi connectivity index (χ2n) is 4.36. The molecule has 0 heterocycles. The molecule has 94 valence electrons. The molecule has 0 aliphatic rings. The number of ether oxygens (including phenoxy) is 1. The molecule has 0 fully saturated rings. The van der Waals surface area contributed by atoms with Crippen LogP contribution in [0.4, 0.5) is 0 Å². The van der Waals surface area contributed by atoms with Crippen molar-refractivity contribution in [1.82, 2.24) is 5.32 Å². The molecule has 0 saturated carbocycles. The Morgan fingerprint density at radius 1 is 0.944 bits per heavy atom. The van der Waals surface area contributed by atoms with Crippen LogP contribution in [0.5, 0.6) is 5.75 Å². The molecule has 0 bridgehead atoms. The lowest BCUT2D eigenvalue weighted by Crippen LogP contribution is -2.28. The van der Waals surface area contributed by atoms with Gasteiger partial charge in [0, 0.05) is 13.1 Å². The SMILES string of the molecule is CC(CNCc1ccccc1)Oc1ccccc1. The molecule has 2 rings (SSSR count). The van der Waals surface area contributed by atoms with Gasteiger partial charge in [0.1, 0.15) is 11.9 Å². The molecule has 0 aliphatic carbocycles. The lowest BCUT2D eigenvalue weighted by Gasteiger charge is -2.15. The Morgan fingerprint density at radius 3 is 2.22 bits per heavy atom. The van der Waals surface area contributed by atoms with E-state index < -0.39 is 0 Å². The predicted octanol–water partition coefficient (Wildman–Crippen LogP) is 3.24. The number of benzene rings is 2. The molecule has 2 heteroatoms. The Bertz CT molecular complexity index is 441. The second-order valence-corrected chi connectivity index (χ2v) is 4.36. The average Bonchev–Trinajstić information content (AvgIpc) is 2.41. The Morgan fingerprint density at radius 2 is 1.56 bits per heavy atom. The van der Waals surface area contributed by atoms with Gasteiger partial charge >= 0.3 is 0 Å². The van der Waals surface area contributed by atoms with Crippen LogP contribution in [0.3, 0.4) is 0 Å². The van der Waals surface area contributed by atoms with Gasteiger partial charge in [-0.15, -0.1) is 0 Å². The second kappa shape index (κ2) is 6.82. The summed E-state index contributed by atoms with van der Waals surface area (Å²) in [6.45, 7) is 3.79. The summed E-state index contributed by atoms with van der Waals surface area (Å²) in [5, 5.41) is 3.40. The summed E-state index contributed by atoms with van der Waals surface area (Å²) in [7, 11) is 0. The van der Waals surface area contributed by atoms with E-state index in [1.54, 1.807) is 0 Å². The monoisotopic (exact) mass is 241 g/mol. The Kier molecular flexibility index (Phi) is 4.79. The number of rotatable bonds is 6. The molecule has 1 atom stereocenters. The lowest BCUT2D eigenvalue weighted by molar-refractivity contribution is 0.217. The first-order valence-corrected chi connectivity index (χ1v) is 6.31. The Balaban J connectivity index is 1.71. The number of para-hydroxylation sites is 1. The zero-order valence-corrected chi connectivity index (χ0v) is 10.7. The van der Waals surface area contributed by atoms with Gasteiger partial charge in [-0.05, 0) is 24.6 Å². The summed E-state index contributed by atoms with van der Waals surface area (Å²) in [6.07, 6.45) is 0.163. The molecule has 2 aromatic rings. The summed E-state index contributed by atoms with van der Waals surface area (Å²) in [5.74, 6) is 0.923. The van der Waals surface area contributed by atoms with E-state index >= 15 is 0 Å². The fraction of sp³-hybridized carbons (Fsp3) is 0.250. The largest absolute Gasteiger partial charge is 0.489 e. The van der Waals surface area contributed by atoms with Gasteiger partial charge in [0.2, 0.25) is 0 Å². The first-order valence-electron chi connectivity index (χ1n) is 6.31. The number of hydrogen-bond donors (Lipinski definition) is 1. The van der Waals surface area contributed by atoms with Gasteiger partial charge in [-0.2, -0.15) is 0 Å². The topological polar surface area (TPSA) is 21.3 Å². The third-order valence-corrected chi connectivity index (χ3v) is 2.68. The van der Waals surface area contributed by atoms with Crippen molar-refractivity contribution in [1.29, 1.82) is 0 Å². The highest BCUT2D eigenvalue weighted by Gasteiger charge is 2.02. The van der Waals surface area contributed by atoms with E-state index in [2.05, 4.69) is 36.5 Å². The van der Waals surface area contributed by atoms with Crippen molar-refractivity contribution in [2.75, 3.05) is 6.54 Å². The van der Waals surface area contributed by atoms with Crippen LogP contribution in [0.1, 0.15) is 12.5 Å². The standard InChI is InChI=1S/C16H19NO/c1-14(18-16-10-6-3-7-11-16)12-17-13-15-8-4-2-5-9-15/h2-11,14,17H,12-13H2,1H3. The van der Waals surface area contributed by atoms with E-state index in [4.69, 9.17) is 4.74 Å². The van der Waals surface area contributed by atoms with Gasteiger partial charge < -0.3 is 10.1 Å². The molecule has 0 amide bonds. The third-order valence-electron chi connectivity index (χ3n) is 2.68. The molecule has 2 aromatic carbocycles. The van der Waals surface area contributed by atoms with E-state index in [9.17, 15) is 0 Å². The summed E-state index contributed by atoms with van der Waals surface area (Å²) >= 11 is 0. The van der Waals surface area contributed by atoms with E-state index in [1.807, 2.05) is 36.4 Å². The van der Waals surface area contributed by atoms with Crippen LogP contribution in [0, 0.1) is 0 Å². The van der Waals surface area contributed by atoms with Crippen molar-refractivity contribution >= 4 is 0 Å². The maximum Gasteiger partial charge on any atom is 0.119 e. The fourth-order valence-electron chi connectivity index (χ4n) is 1.79. The van der Waals surface area contributed by atoms with E-state index in [-0.39, 0.29) is 6.10 Å². The van der Waals surface area contributed by atoms with Crippen LogP contribution < -0.4 is 10.1 Å². The quantitative estimate of drug-likeness (QED) is 0.838. The van der Waals surface area contributed by atoms with Crippen LogP contribution in [0.25, 0.3) is 0 Å². The Labute approximate surface area is 109 Å². The molecule has 0 saturated heterocycles. The average molecular weight is 241 g/mol. The molecule has 0 spiro atoms. The van der Waals surface area contributed by atoms with Gasteiger partial charge in [-0.25, -0.2) is 0 Å². The van der Waals surface area contributed by atoms with Crippen LogP contribution in [0.2, 0.25) is 0 Å². The summed E-state index contributed by atoms with van der Waals surface area (Å²) in [4.78, 5) is 0. The molecule has 0 aromatic heterocycles. The van der Waals surface area contributed by atoms with Gasteiger partial charge in [0.05, 0.1) is 0 Å². The van der Waals surface area contributed by atoms with Crippen LogP contribution in [0.15, 0.2) is 60.7 Å². The van der Waals surface area contributed by atoms with Gasteiger partial charge in [0.25, 0.3) is 0 Å². The van der Waals surface area contributed by atoms with Gasteiger partial charge in [0.15, 0.2) is 0 Å². The molecular weight excluding hydrogens is 222 g/mol. The van der Waals surface area contributed by atoms with E-state index in [1.165, 1.54) is 5.56 Å². The molecule has 18 heavy (non-hydrogen) atoms. The maximum atomic E-state index is 5.79. The van der Waals surface area contributed by atoms with Crippen LogP contribution in [-0.4, -0.2) is 12.6 Å². The summed E-state index contributed by atoms with van der Waals surface area (Å²) < 4.78 is 5.79. The van der Waals surface area contributed by atoms with Gasteiger partial charge in [-0.1, -0.05) is 48.5 Å². The molecule has 0 aliphatic heterocycles. The Hall–Kier alpha value is -1.80. The fourth-order valence-corrected chi connectivity index (χ4v) is 1.79. The number of hydrogen-bond acceptors (Lipinski definition) is 2. The smallest absolute Gasteiger partial charge is 0.119 e.